The summed E-state index contributed by atoms with van der Waals surface area (Å²) in [4.78, 5) is 13.3. The fourth-order valence-corrected chi connectivity index (χ4v) is 4.01. The van der Waals surface area contributed by atoms with Gasteiger partial charge in [-0.05, 0) is 39.5 Å². The molecule has 3 aromatic rings. The molecule has 0 aliphatic carbocycles. The number of benzene rings is 1. The number of thiophene rings is 1. The molecular weight excluding hydrogens is 420 g/mol. The summed E-state index contributed by atoms with van der Waals surface area (Å²) >= 11 is 6.38. The van der Waals surface area contributed by atoms with Crippen LogP contribution in [0.3, 0.4) is 0 Å². The van der Waals surface area contributed by atoms with Gasteiger partial charge in [-0.15, -0.1) is 28.1 Å². The second kappa shape index (κ2) is 8.46. The van der Waals surface area contributed by atoms with Crippen molar-refractivity contribution in [3.05, 3.63) is 58.9 Å². The molecule has 0 spiro atoms. The summed E-state index contributed by atoms with van der Waals surface area (Å²) in [5.74, 6) is 0.951. The van der Waals surface area contributed by atoms with E-state index in [1.54, 1.807) is 17.4 Å². The molecule has 128 valence electrons. The molecule has 0 unspecified atom stereocenters. The summed E-state index contributed by atoms with van der Waals surface area (Å²) < 4.78 is 2.82. The van der Waals surface area contributed by atoms with Crippen molar-refractivity contribution >= 4 is 50.6 Å². The predicted octanol–water partition coefficient (Wildman–Crippen LogP) is 4.69. The highest BCUT2D eigenvalue weighted by molar-refractivity contribution is 9.10. The molecule has 25 heavy (non-hydrogen) atoms. The lowest BCUT2D eigenvalue weighted by Gasteiger charge is -2.08. The molecule has 0 bridgehead atoms. The first-order valence-electron chi connectivity index (χ1n) is 7.44. The number of thioether (sulfide) groups is 1. The number of hydrogen-bond donors (Lipinski definition) is 1. The second-order valence-electron chi connectivity index (χ2n) is 5.00. The van der Waals surface area contributed by atoms with Gasteiger partial charge in [0.15, 0.2) is 11.0 Å². The molecule has 1 N–H and O–H groups in total. The van der Waals surface area contributed by atoms with Gasteiger partial charge in [-0.1, -0.05) is 36.0 Å². The van der Waals surface area contributed by atoms with Crippen molar-refractivity contribution < 1.29 is 4.79 Å². The summed E-state index contributed by atoms with van der Waals surface area (Å²) in [5.41, 5.74) is 0.750. The number of halogens is 1. The maximum absolute atomic E-state index is 12.2. The van der Waals surface area contributed by atoms with Crippen LogP contribution in [0.2, 0.25) is 0 Å². The van der Waals surface area contributed by atoms with Crippen molar-refractivity contribution in [1.82, 2.24) is 14.8 Å². The number of nitrogens with one attached hydrogen (secondary N) is 1. The smallest absolute Gasteiger partial charge is 0.234 e. The fraction of sp³-hybridized carbons (Fsp3) is 0.118. The Kier molecular flexibility index (Phi) is 6.06. The van der Waals surface area contributed by atoms with Gasteiger partial charge in [0.1, 0.15) is 0 Å². The summed E-state index contributed by atoms with van der Waals surface area (Å²) in [6.07, 6.45) is 1.80. The van der Waals surface area contributed by atoms with Crippen molar-refractivity contribution in [2.75, 3.05) is 11.1 Å². The minimum Gasteiger partial charge on any atom is -0.324 e. The van der Waals surface area contributed by atoms with Crippen LogP contribution < -0.4 is 5.32 Å². The zero-order valence-electron chi connectivity index (χ0n) is 13.2. The Morgan fingerprint density at radius 1 is 1.32 bits per heavy atom. The molecule has 8 heteroatoms. The van der Waals surface area contributed by atoms with Gasteiger partial charge in [-0.2, -0.15) is 0 Å². The van der Waals surface area contributed by atoms with E-state index in [0.29, 0.717) is 11.7 Å². The topological polar surface area (TPSA) is 59.8 Å². The van der Waals surface area contributed by atoms with Crippen LogP contribution in [-0.2, 0) is 11.3 Å². The molecule has 0 radical (unpaired) electrons. The highest BCUT2D eigenvalue weighted by Gasteiger charge is 2.15. The van der Waals surface area contributed by atoms with Crippen molar-refractivity contribution in [2.45, 2.75) is 11.7 Å². The van der Waals surface area contributed by atoms with Gasteiger partial charge < -0.3 is 5.32 Å². The normalized spacial score (nSPS) is 10.6. The average molecular weight is 435 g/mol. The molecule has 1 amide bonds. The third kappa shape index (κ3) is 4.39. The van der Waals surface area contributed by atoms with E-state index in [1.165, 1.54) is 11.8 Å². The van der Waals surface area contributed by atoms with Crippen LogP contribution in [-0.4, -0.2) is 26.4 Å². The standard InChI is InChI=1S/C17H15BrN4OS2/c1-2-9-22-16(14-8-5-10-24-14)20-21-17(22)25-11-15(23)19-13-7-4-3-6-12(13)18/h2-8,10H,1,9,11H2,(H,19,23). The Balaban J connectivity index is 1.69. The largest absolute Gasteiger partial charge is 0.324 e. The number of anilines is 1. The quantitative estimate of drug-likeness (QED) is 0.432. The van der Waals surface area contributed by atoms with Crippen LogP contribution in [0.25, 0.3) is 10.7 Å². The summed E-state index contributed by atoms with van der Waals surface area (Å²) in [6.45, 7) is 4.38. The highest BCUT2D eigenvalue weighted by atomic mass is 79.9. The second-order valence-corrected chi connectivity index (χ2v) is 7.74. The number of hydrogen-bond acceptors (Lipinski definition) is 5. The Hall–Kier alpha value is -1.90. The van der Waals surface area contributed by atoms with Crippen molar-refractivity contribution in [3.8, 4) is 10.7 Å². The monoisotopic (exact) mass is 434 g/mol. The number of carbonyl (C=O) groups excluding carboxylic acids is 1. The Morgan fingerprint density at radius 3 is 2.88 bits per heavy atom. The van der Waals surface area contributed by atoms with E-state index in [9.17, 15) is 4.79 Å². The first-order chi connectivity index (χ1) is 12.2. The molecule has 2 heterocycles. The number of aromatic nitrogens is 3. The van der Waals surface area contributed by atoms with Gasteiger partial charge in [0.05, 0.1) is 16.3 Å². The number of para-hydroxylation sites is 1. The van der Waals surface area contributed by atoms with Crippen LogP contribution >= 0.6 is 39.0 Å². The maximum atomic E-state index is 12.2. The summed E-state index contributed by atoms with van der Waals surface area (Å²) in [7, 11) is 0. The van der Waals surface area contributed by atoms with Crippen molar-refractivity contribution in [1.29, 1.82) is 0 Å². The summed E-state index contributed by atoms with van der Waals surface area (Å²) in [5, 5.41) is 14.1. The SMILES string of the molecule is C=CCn1c(SCC(=O)Nc2ccccc2Br)nnc1-c1cccs1. The molecule has 2 aromatic heterocycles. The number of carbonyl (C=O) groups is 1. The number of rotatable bonds is 7. The van der Waals surface area contributed by atoms with Crippen molar-refractivity contribution in [2.24, 2.45) is 0 Å². The van der Waals surface area contributed by atoms with E-state index in [4.69, 9.17) is 0 Å². The molecule has 3 rings (SSSR count). The lowest BCUT2D eigenvalue weighted by molar-refractivity contribution is -0.113. The van der Waals surface area contributed by atoms with E-state index < -0.39 is 0 Å². The first kappa shape index (κ1) is 17.9. The van der Waals surface area contributed by atoms with Gasteiger partial charge in [-0.3, -0.25) is 9.36 Å². The molecule has 0 saturated heterocycles. The Morgan fingerprint density at radius 2 is 2.16 bits per heavy atom. The molecule has 0 saturated carbocycles. The van der Waals surface area contributed by atoms with E-state index in [-0.39, 0.29) is 11.7 Å². The van der Waals surface area contributed by atoms with Crippen LogP contribution in [0.5, 0.6) is 0 Å². The average Bonchev–Trinajstić information content (AvgIpc) is 3.25. The molecular formula is C17H15BrN4OS2. The van der Waals surface area contributed by atoms with Gasteiger partial charge >= 0.3 is 0 Å². The van der Waals surface area contributed by atoms with Crippen LogP contribution in [0.15, 0.2) is 64.1 Å². The molecule has 1 aromatic carbocycles. The molecule has 0 atom stereocenters. The van der Waals surface area contributed by atoms with Crippen LogP contribution in [0.4, 0.5) is 5.69 Å². The highest BCUT2D eigenvalue weighted by Crippen LogP contribution is 2.27. The van der Waals surface area contributed by atoms with E-state index >= 15 is 0 Å². The summed E-state index contributed by atoms with van der Waals surface area (Å²) in [6, 6.07) is 11.5. The van der Waals surface area contributed by atoms with Crippen molar-refractivity contribution in [3.63, 3.8) is 0 Å². The zero-order valence-corrected chi connectivity index (χ0v) is 16.4. The fourth-order valence-electron chi connectivity index (χ4n) is 2.16. The van der Waals surface area contributed by atoms with Gasteiger partial charge in [0, 0.05) is 11.0 Å². The Labute approximate surface area is 162 Å². The minimum atomic E-state index is -0.0947. The van der Waals surface area contributed by atoms with Crippen LogP contribution in [0, 0.1) is 0 Å². The molecule has 0 aliphatic rings. The number of allylic oxidation sites excluding steroid dienone is 1. The lowest BCUT2D eigenvalue weighted by atomic mass is 10.3. The van der Waals surface area contributed by atoms with E-state index in [0.717, 1.165) is 20.9 Å². The third-order valence-corrected chi connectivity index (χ3v) is 5.77. The molecule has 0 aliphatic heterocycles. The van der Waals surface area contributed by atoms with Gasteiger partial charge in [0.2, 0.25) is 5.91 Å². The lowest BCUT2D eigenvalue weighted by Crippen LogP contribution is -2.15. The Bertz CT molecular complexity index is 877. The third-order valence-electron chi connectivity index (χ3n) is 3.25. The van der Waals surface area contributed by atoms with Crippen LogP contribution in [0.1, 0.15) is 0 Å². The van der Waals surface area contributed by atoms with Gasteiger partial charge in [-0.25, -0.2) is 0 Å². The van der Waals surface area contributed by atoms with E-state index in [1.807, 2.05) is 46.3 Å². The zero-order chi connectivity index (χ0) is 17.6. The first-order valence-corrected chi connectivity index (χ1v) is 10.1. The minimum absolute atomic E-state index is 0.0947. The molecule has 5 nitrogen and oxygen atoms in total. The predicted molar refractivity (Wildman–Crippen MR) is 107 cm³/mol. The van der Waals surface area contributed by atoms with Gasteiger partial charge in [0.25, 0.3) is 0 Å². The number of nitrogens with zero attached hydrogens (tertiary/aromatic N) is 3. The molecule has 0 fully saturated rings. The number of amides is 1. The van der Waals surface area contributed by atoms with E-state index in [2.05, 4.69) is 38.0 Å². The maximum Gasteiger partial charge on any atom is 0.234 e.